The van der Waals surface area contributed by atoms with Crippen molar-refractivity contribution in [1.82, 2.24) is 29.4 Å². The van der Waals surface area contributed by atoms with Crippen molar-refractivity contribution in [2.45, 2.75) is 176 Å². The van der Waals surface area contributed by atoms with E-state index in [0.717, 1.165) is 16.7 Å². The van der Waals surface area contributed by atoms with Gasteiger partial charge in [0.15, 0.2) is 0 Å². The summed E-state index contributed by atoms with van der Waals surface area (Å²) in [4.78, 5) is 60.2. The van der Waals surface area contributed by atoms with Crippen LogP contribution >= 0.6 is 0 Å². The number of amides is 3. The molecule has 6 bridgehead atoms. The maximum Gasteiger partial charge on any atom is 1.00 e. The number of carbonyl (C=O) groups excluding carboxylic acids is 4. The minimum absolute atomic E-state index is 0. The molecule has 3 N–H and O–H groups in total. The number of benzene rings is 6. The van der Waals surface area contributed by atoms with E-state index in [4.69, 9.17) is 18.9 Å². The number of piperidine rings is 3. The number of nitrogens with zero attached hydrogens (tertiary/aromatic N) is 6. The predicted octanol–water partition coefficient (Wildman–Crippen LogP) is 13.6. The molecule has 648 valence electrons. The van der Waals surface area contributed by atoms with Crippen molar-refractivity contribution in [3.8, 4) is 0 Å². The quantitative estimate of drug-likeness (QED) is 0.0441. The summed E-state index contributed by atoms with van der Waals surface area (Å²) in [6.07, 6.45) is -30.3. The number of carbonyl (C=O) groups is 4. The maximum atomic E-state index is 13.5. The molecule has 12 rings (SSSR count). The number of aliphatic hydroxyl groups is 2. The molecule has 0 spiro atoms. The van der Waals surface area contributed by atoms with Crippen molar-refractivity contribution in [3.05, 3.63) is 212 Å². The van der Waals surface area contributed by atoms with Gasteiger partial charge in [-0.3, -0.25) is 33.9 Å². The standard InChI is InChI=1S/C29H32F6N2O4.2C27H30F6N2O3.Li.H2O/c1-19(22-13-24(28(30,31)32)15-25(14-22)29(33,34)35)40-18-27(23-7-5-4-6-8-23)10-9-26(17-41-21(3)39)16-36(27)11-12-37(26)20(2)38;2*1-18(20-12-22(26(28,29)30)14-23(13-20)27(31,32)33)38-17-25(21-6-4-3-5-7-21)9-8-24(16-36)15-34(25)10-11-35(24)19(2)37;;/h4-8,13-15,19H,9-12,16-18H2,1-3H3;2*3-7,12-14,18,36H,8-11,15-17H2,1-2H3;;1H2/q;;;+1;/p-1/t19-,26-,27-;2*18-,24-,25-;;/m111../s1. The van der Waals surface area contributed by atoms with Crippen LogP contribution in [0.1, 0.15) is 172 Å². The van der Waals surface area contributed by atoms with Gasteiger partial charge in [0.05, 0.1) is 118 Å². The number of alkyl halides is 18. The van der Waals surface area contributed by atoms with Gasteiger partial charge in [0.2, 0.25) is 17.7 Å². The fourth-order valence-electron chi connectivity index (χ4n) is 17.5. The van der Waals surface area contributed by atoms with Crippen LogP contribution in [0.4, 0.5) is 79.0 Å². The van der Waals surface area contributed by atoms with Crippen LogP contribution in [0.3, 0.4) is 0 Å². The summed E-state index contributed by atoms with van der Waals surface area (Å²) < 4.78 is 265. The Balaban J connectivity index is 0.000000221. The largest absolute Gasteiger partial charge is 1.00 e. The van der Waals surface area contributed by atoms with E-state index in [1.807, 2.05) is 91.0 Å². The number of ether oxygens (including phenoxy) is 4. The Labute approximate surface area is 688 Å². The van der Waals surface area contributed by atoms with Gasteiger partial charge in [0.1, 0.15) is 6.61 Å². The van der Waals surface area contributed by atoms with Gasteiger partial charge in [-0.15, -0.1) is 0 Å². The summed E-state index contributed by atoms with van der Waals surface area (Å²) in [5.74, 6) is -0.906. The molecule has 3 unspecified atom stereocenters. The SMILES string of the molecule is CC(=O)N1CCN2C[C@@]1(CO)CC[C@@]2(CO[C@H](C)c1cc(C(F)(F)F)cc(C(F)(F)F)c1)c1ccccc1.CC(=O)N1CCN2C[C@@]1(CO)CC[C@@]2(CO[C@H](C)c1cc(C(F)(F)F)cc(C(F)(F)F)c1)c1ccccc1.CC(=O)OC[C@]12CC[C@@](CO[C@H](C)c3cc(C(F)(F)F)cc(C(F)(F)F)c3)(c3ccccc3)N(CCN1C(C)=O)C2.[Li+].[OH-]. The van der Waals surface area contributed by atoms with Crippen molar-refractivity contribution in [2.75, 3.05) is 98.5 Å². The van der Waals surface area contributed by atoms with Gasteiger partial charge < -0.3 is 49.3 Å². The number of rotatable bonds is 19. The molecule has 17 nitrogen and oxygen atoms in total. The molecule has 3 amide bonds. The van der Waals surface area contributed by atoms with Gasteiger partial charge in [-0.25, -0.2) is 0 Å². The van der Waals surface area contributed by atoms with Crippen LogP contribution in [-0.2, 0) is 91.8 Å². The smallest absolute Gasteiger partial charge is 0.870 e. The fraction of sp³-hybridized carbons (Fsp3) is 0.518. The summed E-state index contributed by atoms with van der Waals surface area (Å²) in [6, 6.07) is 32.5. The predicted molar refractivity (Wildman–Crippen MR) is 392 cm³/mol. The van der Waals surface area contributed by atoms with Gasteiger partial charge in [0, 0.05) is 86.6 Å². The van der Waals surface area contributed by atoms with Crippen molar-refractivity contribution in [2.24, 2.45) is 0 Å². The average molecular weight is 1700 g/mol. The first-order valence-corrected chi connectivity index (χ1v) is 37.9. The summed E-state index contributed by atoms with van der Waals surface area (Å²) in [6.45, 7) is 13.0. The Hall–Kier alpha value is -7.82. The molecule has 6 aromatic rings. The number of hydrogen-bond acceptors (Lipinski definition) is 14. The zero-order valence-electron chi connectivity index (χ0n) is 66.5. The van der Waals surface area contributed by atoms with E-state index in [9.17, 15) is 108 Å². The molecule has 12 atom stereocenters. The van der Waals surface area contributed by atoms with Gasteiger partial charge in [-0.2, -0.15) is 79.0 Å². The van der Waals surface area contributed by atoms with Crippen molar-refractivity contribution in [1.29, 1.82) is 0 Å². The number of hydrogen-bond donors (Lipinski definition) is 2. The Morgan fingerprint density at radius 3 is 0.798 bits per heavy atom. The number of piperazine rings is 3. The molecule has 0 aromatic heterocycles. The number of aliphatic hydroxyl groups excluding tert-OH is 2. The Bertz CT molecular complexity index is 4200. The third-order valence-corrected chi connectivity index (χ3v) is 23.9. The third-order valence-electron chi connectivity index (χ3n) is 23.9. The molecular formula is C83H93F18LiN6O11. The second-order valence-corrected chi connectivity index (χ2v) is 31.1. The molecule has 0 radical (unpaired) electrons. The first-order chi connectivity index (χ1) is 54.5. The molecule has 6 aliphatic rings. The first kappa shape index (κ1) is 96.6. The van der Waals surface area contributed by atoms with E-state index in [0.29, 0.717) is 134 Å². The Morgan fingerprint density at radius 1 is 0.353 bits per heavy atom. The topological polar surface area (TPSA) is 195 Å². The third kappa shape index (κ3) is 21.1. The van der Waals surface area contributed by atoms with Crippen LogP contribution < -0.4 is 18.9 Å². The van der Waals surface area contributed by atoms with Gasteiger partial charge >= 0.3 is 61.9 Å². The molecule has 6 fully saturated rings. The molecular weight excluding hydrogens is 1610 g/mol. The summed E-state index contributed by atoms with van der Waals surface area (Å²) >= 11 is 0. The molecule has 36 heteroatoms. The van der Waals surface area contributed by atoms with Gasteiger partial charge in [-0.05, 0) is 147 Å². The molecule has 6 aromatic carbocycles. The normalized spacial score (nSPS) is 25.9. The zero-order chi connectivity index (χ0) is 86.1. The summed E-state index contributed by atoms with van der Waals surface area (Å²) in [5, 5.41) is 20.5. The molecule has 0 saturated carbocycles. The van der Waals surface area contributed by atoms with Crippen molar-refractivity contribution >= 4 is 23.7 Å². The number of halogens is 18. The summed E-state index contributed by atoms with van der Waals surface area (Å²) in [5.41, 5.74) is -11.0. The monoisotopic (exact) mass is 1700 g/mol. The second kappa shape index (κ2) is 37.1. The summed E-state index contributed by atoms with van der Waals surface area (Å²) in [7, 11) is 0. The minimum atomic E-state index is -4.97. The fourth-order valence-corrected chi connectivity index (χ4v) is 17.5. The minimum Gasteiger partial charge on any atom is -0.870 e. The zero-order valence-corrected chi connectivity index (χ0v) is 66.5. The Kier molecular flexibility index (Phi) is 30.1. The number of esters is 1. The van der Waals surface area contributed by atoms with Crippen LogP contribution in [0.15, 0.2) is 146 Å². The van der Waals surface area contributed by atoms with E-state index in [2.05, 4.69) is 14.7 Å². The average Bonchev–Trinajstić information content (AvgIpc) is 0.736. The van der Waals surface area contributed by atoms with Gasteiger partial charge in [0.25, 0.3) is 0 Å². The van der Waals surface area contributed by atoms with E-state index in [-0.39, 0.29) is 117 Å². The second-order valence-electron chi connectivity index (χ2n) is 31.1. The van der Waals surface area contributed by atoms with Crippen molar-refractivity contribution in [3.63, 3.8) is 0 Å². The molecule has 119 heavy (non-hydrogen) atoms. The molecule has 6 saturated heterocycles. The Morgan fingerprint density at radius 2 is 0.580 bits per heavy atom. The van der Waals surface area contributed by atoms with Gasteiger partial charge in [-0.1, -0.05) is 91.0 Å². The van der Waals surface area contributed by atoms with E-state index >= 15 is 0 Å². The van der Waals surface area contributed by atoms with E-state index in [1.54, 1.807) is 14.7 Å². The maximum absolute atomic E-state index is 13.5. The molecule has 6 aliphatic heterocycles. The van der Waals surface area contributed by atoms with Crippen LogP contribution in [0.2, 0.25) is 0 Å². The van der Waals surface area contributed by atoms with Crippen LogP contribution in [-0.4, -0.2) is 184 Å². The van der Waals surface area contributed by atoms with Crippen LogP contribution in [0.5, 0.6) is 0 Å². The van der Waals surface area contributed by atoms with Crippen LogP contribution in [0, 0.1) is 0 Å². The molecule has 6 heterocycles. The van der Waals surface area contributed by atoms with Crippen LogP contribution in [0.25, 0.3) is 0 Å². The van der Waals surface area contributed by atoms with E-state index in [1.165, 1.54) is 48.5 Å². The van der Waals surface area contributed by atoms with E-state index < -0.39 is 128 Å². The number of fused-ring (bicyclic) bond motifs is 6. The van der Waals surface area contributed by atoms with Crippen molar-refractivity contribution < 1.29 is 152 Å². The molecule has 0 aliphatic carbocycles. The first-order valence-electron chi connectivity index (χ1n) is 37.9.